The lowest BCUT2D eigenvalue weighted by molar-refractivity contribution is -0.151. The van der Waals surface area contributed by atoms with Crippen molar-refractivity contribution in [1.82, 2.24) is 0 Å². The molecule has 4 nitrogen and oxygen atoms in total. The van der Waals surface area contributed by atoms with E-state index in [2.05, 4.69) is 4.74 Å². The van der Waals surface area contributed by atoms with E-state index < -0.39 is 17.1 Å². The molecule has 3 N–H and O–H groups in total. The summed E-state index contributed by atoms with van der Waals surface area (Å²) in [4.78, 5) is 9.59. The molecule has 0 aromatic heterocycles. The lowest BCUT2D eigenvalue weighted by Gasteiger charge is -2.05. The molecule has 7 heteroatoms. The number of hydrogen-bond donors (Lipinski definition) is 1. The molecule has 0 bridgehead atoms. The van der Waals surface area contributed by atoms with E-state index in [9.17, 15) is 4.79 Å². The van der Waals surface area contributed by atoms with Crippen LogP contribution in [0, 0.1) is 0 Å². The topological polar surface area (TPSA) is 78.0 Å². The average Bonchev–Trinajstić information content (AvgIpc) is 2.07. The minimum atomic E-state index is -1.41. The Balaban J connectivity index is 0.00000121. The van der Waals surface area contributed by atoms with Crippen molar-refractivity contribution < 1.29 is 20.1 Å². The second kappa shape index (κ2) is 4.30. The van der Waals surface area contributed by atoms with Gasteiger partial charge in [-0.05, 0) is 0 Å². The van der Waals surface area contributed by atoms with Crippen molar-refractivity contribution in [2.24, 2.45) is 0 Å². The zero-order chi connectivity index (χ0) is 8.59. The third-order valence-electron chi connectivity index (χ3n) is 1.15. The van der Waals surface area contributed by atoms with E-state index in [1.54, 1.807) is 0 Å². The van der Waals surface area contributed by atoms with E-state index in [0.29, 0.717) is 0 Å². The van der Waals surface area contributed by atoms with Crippen LogP contribution in [0.15, 0.2) is 10.6 Å². The normalized spacial score (nSPS) is 22.8. The molecule has 0 aliphatic carbocycles. The van der Waals surface area contributed by atoms with Crippen molar-refractivity contribution >= 4 is 40.8 Å². The van der Waals surface area contributed by atoms with Gasteiger partial charge in [-0.3, -0.25) is 0 Å². The molecule has 0 amide bonds. The first-order chi connectivity index (χ1) is 5.04. The molecule has 1 atom stereocenters. The molecule has 1 heterocycles. The SMILES string of the molecule is O.O=C1OC(O)C(C(Cl)Cl)=C1Cl. The highest BCUT2D eigenvalue weighted by molar-refractivity contribution is 6.49. The number of carbonyl (C=O) groups excluding carboxylic acids is 1. The second-order valence-corrected chi connectivity index (χ2v) is 3.30. The molecule has 0 aromatic rings. The Bertz CT molecular complexity index is 225. The monoisotopic (exact) mass is 234 g/mol. The summed E-state index contributed by atoms with van der Waals surface area (Å²) < 4.78 is 4.29. The fourth-order valence-corrected chi connectivity index (χ4v) is 1.44. The molecule has 0 saturated carbocycles. The minimum Gasteiger partial charge on any atom is -0.427 e. The maximum Gasteiger partial charge on any atom is 0.352 e. The van der Waals surface area contributed by atoms with Crippen LogP contribution in [0.4, 0.5) is 0 Å². The highest BCUT2D eigenvalue weighted by Gasteiger charge is 2.34. The minimum absolute atomic E-state index is 0. The van der Waals surface area contributed by atoms with Crippen LogP contribution in [0.1, 0.15) is 0 Å². The van der Waals surface area contributed by atoms with Crippen molar-refractivity contribution in [3.05, 3.63) is 10.6 Å². The van der Waals surface area contributed by atoms with Crippen molar-refractivity contribution in [2.75, 3.05) is 0 Å². The van der Waals surface area contributed by atoms with Gasteiger partial charge in [0.2, 0.25) is 6.29 Å². The first-order valence-electron chi connectivity index (χ1n) is 2.60. The van der Waals surface area contributed by atoms with Gasteiger partial charge in [-0.15, -0.1) is 23.2 Å². The third-order valence-corrected chi connectivity index (χ3v) is 2.00. The van der Waals surface area contributed by atoms with E-state index >= 15 is 0 Å². The summed E-state index contributed by atoms with van der Waals surface area (Å²) in [5, 5.41) is 8.70. The number of hydrogen-bond acceptors (Lipinski definition) is 3. The molecule has 1 aliphatic rings. The van der Waals surface area contributed by atoms with Crippen LogP contribution in [0.25, 0.3) is 0 Å². The van der Waals surface area contributed by atoms with Gasteiger partial charge < -0.3 is 15.3 Å². The Kier molecular flexibility index (Phi) is 4.30. The van der Waals surface area contributed by atoms with Gasteiger partial charge in [0.25, 0.3) is 0 Å². The summed E-state index contributed by atoms with van der Waals surface area (Å²) in [6.45, 7) is 0. The Hall–Kier alpha value is -0.000000000000000167. The van der Waals surface area contributed by atoms with Crippen LogP contribution in [-0.2, 0) is 9.53 Å². The lowest BCUT2D eigenvalue weighted by atomic mass is 10.3. The quantitative estimate of drug-likeness (QED) is 0.525. The maximum absolute atomic E-state index is 10.6. The van der Waals surface area contributed by atoms with Gasteiger partial charge in [0.05, 0.1) is 5.57 Å². The van der Waals surface area contributed by atoms with Gasteiger partial charge in [0, 0.05) is 0 Å². The van der Waals surface area contributed by atoms with Gasteiger partial charge in [-0.2, -0.15) is 0 Å². The Morgan fingerprint density at radius 1 is 1.50 bits per heavy atom. The van der Waals surface area contributed by atoms with Gasteiger partial charge in [-0.25, -0.2) is 4.79 Å². The van der Waals surface area contributed by atoms with Gasteiger partial charge in [0.15, 0.2) is 0 Å². The van der Waals surface area contributed by atoms with Crippen LogP contribution >= 0.6 is 34.8 Å². The fourth-order valence-electron chi connectivity index (χ4n) is 0.646. The van der Waals surface area contributed by atoms with Crippen molar-refractivity contribution in [3.63, 3.8) is 0 Å². The summed E-state index contributed by atoms with van der Waals surface area (Å²) in [7, 11) is 0. The van der Waals surface area contributed by atoms with Crippen LogP contribution in [-0.4, -0.2) is 27.7 Å². The number of aliphatic hydroxyl groups is 1. The molecule has 0 spiro atoms. The largest absolute Gasteiger partial charge is 0.427 e. The fraction of sp³-hybridized carbons (Fsp3) is 0.400. The van der Waals surface area contributed by atoms with E-state index in [1.165, 1.54) is 0 Å². The Labute approximate surface area is 83.0 Å². The third kappa shape index (κ3) is 2.02. The van der Waals surface area contributed by atoms with Crippen LogP contribution < -0.4 is 0 Å². The van der Waals surface area contributed by atoms with E-state index in [4.69, 9.17) is 39.9 Å². The number of ether oxygens (including phenoxy) is 1. The van der Waals surface area contributed by atoms with Gasteiger partial charge in [-0.1, -0.05) is 11.6 Å². The molecule has 1 unspecified atom stereocenters. The van der Waals surface area contributed by atoms with E-state index in [1.807, 2.05) is 0 Å². The summed E-state index contributed by atoms with van der Waals surface area (Å²) in [6, 6.07) is 0. The smallest absolute Gasteiger partial charge is 0.352 e. The number of carbonyl (C=O) groups is 1. The highest BCUT2D eigenvalue weighted by atomic mass is 35.5. The standard InChI is InChI=1S/C5H3Cl3O3.H2O/c6-2-1(3(7)8)4(9)11-5(2)10;/h3-4,9H;1H2. The summed E-state index contributed by atoms with van der Waals surface area (Å²) in [5.41, 5.74) is 0.000000000000000444. The Morgan fingerprint density at radius 2 is 2.00 bits per heavy atom. The summed E-state index contributed by atoms with van der Waals surface area (Å²) in [6.07, 6.45) is -1.41. The van der Waals surface area contributed by atoms with E-state index in [0.717, 1.165) is 0 Å². The predicted molar refractivity (Wildman–Crippen MR) is 44.1 cm³/mol. The van der Waals surface area contributed by atoms with Crippen LogP contribution in [0.5, 0.6) is 0 Å². The predicted octanol–water partition coefficient (Wildman–Crippen LogP) is 0.334. The molecular formula is C5H5Cl3O4. The van der Waals surface area contributed by atoms with E-state index in [-0.39, 0.29) is 16.1 Å². The van der Waals surface area contributed by atoms with Gasteiger partial charge in [0.1, 0.15) is 9.87 Å². The first kappa shape index (κ1) is 12.0. The van der Waals surface area contributed by atoms with Crippen molar-refractivity contribution in [2.45, 2.75) is 11.1 Å². The zero-order valence-corrected chi connectivity index (χ0v) is 7.82. The van der Waals surface area contributed by atoms with Crippen LogP contribution in [0.2, 0.25) is 0 Å². The lowest BCUT2D eigenvalue weighted by Crippen LogP contribution is -2.13. The number of alkyl halides is 2. The average molecular weight is 235 g/mol. The number of cyclic esters (lactones) is 1. The van der Waals surface area contributed by atoms with Crippen molar-refractivity contribution in [1.29, 1.82) is 0 Å². The molecular weight excluding hydrogens is 230 g/mol. The van der Waals surface area contributed by atoms with Crippen molar-refractivity contribution in [3.8, 4) is 0 Å². The van der Waals surface area contributed by atoms with Gasteiger partial charge >= 0.3 is 5.97 Å². The number of halogens is 3. The molecule has 1 aliphatic heterocycles. The molecule has 0 radical (unpaired) electrons. The second-order valence-electron chi connectivity index (χ2n) is 1.83. The maximum atomic E-state index is 10.6. The summed E-state index contributed by atoms with van der Waals surface area (Å²) in [5.74, 6) is -0.805. The number of aliphatic hydroxyl groups excluding tert-OH is 1. The first-order valence-corrected chi connectivity index (χ1v) is 3.86. The molecule has 0 aromatic carbocycles. The Morgan fingerprint density at radius 3 is 2.17 bits per heavy atom. The molecule has 70 valence electrons. The molecule has 1 rings (SSSR count). The zero-order valence-electron chi connectivity index (χ0n) is 5.55. The molecule has 12 heavy (non-hydrogen) atoms. The number of rotatable bonds is 1. The number of esters is 1. The molecule has 0 saturated heterocycles. The van der Waals surface area contributed by atoms with Crippen LogP contribution in [0.3, 0.4) is 0 Å². The molecule has 0 fully saturated rings. The summed E-state index contributed by atoms with van der Waals surface area (Å²) >= 11 is 16.1. The highest BCUT2D eigenvalue weighted by Crippen LogP contribution is 2.30.